The molecule has 2 aromatic rings. The van der Waals surface area contributed by atoms with Crippen molar-refractivity contribution in [2.24, 2.45) is 11.7 Å². The molecule has 6 nitrogen and oxygen atoms in total. The second-order valence-electron chi connectivity index (χ2n) is 8.51. The maximum atomic E-state index is 13.6. The SMILES string of the molecule is COc1ccccc1C(=O)N1[C@H](C(=O)NCc2ccc(CN)cc2)C[C@@H]2CCCC[C@@H]21. The van der Waals surface area contributed by atoms with Crippen LogP contribution in [0.2, 0.25) is 0 Å². The van der Waals surface area contributed by atoms with E-state index >= 15 is 0 Å². The first kappa shape index (κ1) is 21.4. The number of benzene rings is 2. The number of nitrogens with one attached hydrogen (secondary N) is 1. The summed E-state index contributed by atoms with van der Waals surface area (Å²) in [7, 11) is 1.57. The van der Waals surface area contributed by atoms with E-state index in [1.165, 1.54) is 6.42 Å². The Morgan fingerprint density at radius 3 is 2.52 bits per heavy atom. The number of hydrogen-bond acceptors (Lipinski definition) is 4. The van der Waals surface area contributed by atoms with Crippen LogP contribution in [0, 0.1) is 5.92 Å². The van der Waals surface area contributed by atoms with Crippen LogP contribution in [-0.4, -0.2) is 35.9 Å². The fraction of sp³-hybridized carbons (Fsp3) is 0.440. The molecular formula is C25H31N3O3. The van der Waals surface area contributed by atoms with Crippen molar-refractivity contribution in [1.82, 2.24) is 10.2 Å². The number of amides is 2. The molecule has 3 N–H and O–H groups in total. The highest BCUT2D eigenvalue weighted by Crippen LogP contribution is 2.41. The van der Waals surface area contributed by atoms with E-state index in [0.717, 1.165) is 36.8 Å². The van der Waals surface area contributed by atoms with Gasteiger partial charge in [-0.2, -0.15) is 0 Å². The second-order valence-corrected chi connectivity index (χ2v) is 8.51. The number of carbonyl (C=O) groups excluding carboxylic acids is 2. The van der Waals surface area contributed by atoms with Crippen molar-refractivity contribution in [3.8, 4) is 5.75 Å². The zero-order valence-corrected chi connectivity index (χ0v) is 18.0. The summed E-state index contributed by atoms with van der Waals surface area (Å²) in [5.74, 6) is 0.734. The molecule has 1 aliphatic carbocycles. The van der Waals surface area contributed by atoms with E-state index < -0.39 is 6.04 Å². The monoisotopic (exact) mass is 421 g/mol. The predicted molar refractivity (Wildman–Crippen MR) is 119 cm³/mol. The van der Waals surface area contributed by atoms with Crippen LogP contribution in [0.1, 0.15) is 53.6 Å². The Morgan fingerprint density at radius 2 is 1.77 bits per heavy atom. The normalized spacial score (nSPS) is 22.6. The number of ether oxygens (including phenoxy) is 1. The molecule has 2 fully saturated rings. The van der Waals surface area contributed by atoms with E-state index in [1.807, 2.05) is 41.3 Å². The van der Waals surface area contributed by atoms with E-state index in [1.54, 1.807) is 19.2 Å². The van der Waals surface area contributed by atoms with Crippen LogP contribution >= 0.6 is 0 Å². The maximum absolute atomic E-state index is 13.6. The van der Waals surface area contributed by atoms with Gasteiger partial charge in [0.1, 0.15) is 11.8 Å². The standard InChI is InChI=1S/C25H31N3O3/c1-31-23-9-5-3-7-20(23)25(30)28-21-8-4-2-6-19(21)14-22(28)24(29)27-16-18-12-10-17(15-26)11-13-18/h3,5,7,9-13,19,21-22H,2,4,6,8,14-16,26H2,1H3,(H,27,29)/t19-,21-,22-/m0/s1. The summed E-state index contributed by atoms with van der Waals surface area (Å²) in [5, 5.41) is 3.06. The van der Waals surface area contributed by atoms with Gasteiger partial charge in [0.15, 0.2) is 0 Å². The molecule has 31 heavy (non-hydrogen) atoms. The first-order valence-corrected chi connectivity index (χ1v) is 11.1. The van der Waals surface area contributed by atoms with Crippen molar-refractivity contribution >= 4 is 11.8 Å². The fourth-order valence-corrected chi connectivity index (χ4v) is 5.05. The molecule has 164 valence electrons. The van der Waals surface area contributed by atoms with Gasteiger partial charge in [0.2, 0.25) is 5.91 Å². The number of methoxy groups -OCH3 is 1. The minimum atomic E-state index is -0.450. The summed E-state index contributed by atoms with van der Waals surface area (Å²) in [6.07, 6.45) is 5.02. The van der Waals surface area contributed by atoms with Crippen LogP contribution in [0.3, 0.4) is 0 Å². The third-order valence-corrected chi connectivity index (χ3v) is 6.69. The number of rotatable bonds is 6. The molecule has 0 radical (unpaired) electrons. The molecule has 0 bridgehead atoms. The Labute approximate surface area is 183 Å². The minimum Gasteiger partial charge on any atom is -0.496 e. The first-order valence-electron chi connectivity index (χ1n) is 11.1. The average molecular weight is 422 g/mol. The molecule has 4 rings (SSSR count). The van der Waals surface area contributed by atoms with E-state index in [-0.39, 0.29) is 17.9 Å². The lowest BCUT2D eigenvalue weighted by Crippen LogP contribution is -2.49. The molecular weight excluding hydrogens is 390 g/mol. The van der Waals surface area contributed by atoms with Gasteiger partial charge in [-0.15, -0.1) is 0 Å². The topological polar surface area (TPSA) is 84.7 Å². The van der Waals surface area contributed by atoms with Crippen molar-refractivity contribution < 1.29 is 14.3 Å². The Morgan fingerprint density at radius 1 is 1.06 bits per heavy atom. The van der Waals surface area contributed by atoms with Gasteiger partial charge in [0, 0.05) is 19.1 Å². The number of hydrogen-bond donors (Lipinski definition) is 2. The van der Waals surface area contributed by atoms with E-state index in [2.05, 4.69) is 5.32 Å². The van der Waals surface area contributed by atoms with Gasteiger partial charge < -0.3 is 20.7 Å². The molecule has 0 unspecified atom stereocenters. The van der Waals surface area contributed by atoms with Gasteiger partial charge in [-0.25, -0.2) is 0 Å². The van der Waals surface area contributed by atoms with Crippen LogP contribution in [0.25, 0.3) is 0 Å². The number of nitrogens with two attached hydrogens (primary N) is 1. The molecule has 2 amide bonds. The van der Waals surface area contributed by atoms with Crippen molar-refractivity contribution in [3.05, 3.63) is 65.2 Å². The molecule has 2 aliphatic rings. The number of para-hydroxylation sites is 1. The first-order chi connectivity index (χ1) is 15.1. The van der Waals surface area contributed by atoms with Crippen molar-refractivity contribution in [2.45, 2.75) is 57.3 Å². The summed E-state index contributed by atoms with van der Waals surface area (Å²) >= 11 is 0. The van der Waals surface area contributed by atoms with E-state index in [0.29, 0.717) is 30.3 Å². The molecule has 1 saturated heterocycles. The number of fused-ring (bicyclic) bond motifs is 1. The smallest absolute Gasteiger partial charge is 0.258 e. The Kier molecular flexibility index (Phi) is 6.56. The largest absolute Gasteiger partial charge is 0.496 e. The van der Waals surface area contributed by atoms with Gasteiger partial charge in [0.05, 0.1) is 12.7 Å². The quantitative estimate of drug-likeness (QED) is 0.750. The van der Waals surface area contributed by atoms with Crippen LogP contribution in [0.15, 0.2) is 48.5 Å². The lowest BCUT2D eigenvalue weighted by atomic mass is 9.84. The Bertz CT molecular complexity index is 928. The summed E-state index contributed by atoms with van der Waals surface area (Å²) in [4.78, 5) is 28.7. The van der Waals surface area contributed by atoms with Crippen LogP contribution < -0.4 is 15.8 Å². The van der Waals surface area contributed by atoms with Crippen molar-refractivity contribution in [2.75, 3.05) is 7.11 Å². The molecule has 6 heteroatoms. The number of nitrogens with zero attached hydrogens (tertiary/aromatic N) is 1. The third kappa shape index (κ3) is 4.44. The zero-order valence-electron chi connectivity index (χ0n) is 18.0. The number of carbonyl (C=O) groups is 2. The van der Waals surface area contributed by atoms with E-state index in [4.69, 9.17) is 10.5 Å². The summed E-state index contributed by atoms with van der Waals surface area (Å²) in [6, 6.07) is 14.8. The van der Waals surface area contributed by atoms with Gasteiger partial charge >= 0.3 is 0 Å². The van der Waals surface area contributed by atoms with Gasteiger partial charge in [-0.3, -0.25) is 9.59 Å². The van der Waals surface area contributed by atoms with Gasteiger partial charge in [-0.1, -0.05) is 49.2 Å². The predicted octanol–water partition coefficient (Wildman–Crippen LogP) is 3.24. The molecule has 3 atom stereocenters. The minimum absolute atomic E-state index is 0.0828. The molecule has 1 aliphatic heterocycles. The van der Waals surface area contributed by atoms with Crippen molar-refractivity contribution in [3.63, 3.8) is 0 Å². The van der Waals surface area contributed by atoms with Gasteiger partial charge in [-0.05, 0) is 48.4 Å². The number of likely N-dealkylation sites (tertiary alicyclic amines) is 1. The third-order valence-electron chi connectivity index (χ3n) is 6.69. The molecule has 2 aromatic carbocycles. The average Bonchev–Trinajstić information content (AvgIpc) is 3.22. The molecule has 1 saturated carbocycles. The molecule has 0 aromatic heterocycles. The lowest BCUT2D eigenvalue weighted by Gasteiger charge is -2.34. The Hall–Kier alpha value is -2.86. The van der Waals surface area contributed by atoms with Crippen LogP contribution in [0.4, 0.5) is 0 Å². The van der Waals surface area contributed by atoms with Crippen LogP contribution in [-0.2, 0) is 17.9 Å². The van der Waals surface area contributed by atoms with E-state index in [9.17, 15) is 9.59 Å². The second kappa shape index (κ2) is 9.52. The Balaban J connectivity index is 1.53. The van der Waals surface area contributed by atoms with Gasteiger partial charge in [0.25, 0.3) is 5.91 Å². The summed E-state index contributed by atoms with van der Waals surface area (Å²) in [6.45, 7) is 0.934. The maximum Gasteiger partial charge on any atom is 0.258 e. The molecule has 1 heterocycles. The highest BCUT2D eigenvalue weighted by molar-refractivity contribution is 6.00. The highest BCUT2D eigenvalue weighted by atomic mass is 16.5. The van der Waals surface area contributed by atoms with Crippen molar-refractivity contribution in [1.29, 1.82) is 0 Å². The van der Waals surface area contributed by atoms with Crippen LogP contribution in [0.5, 0.6) is 5.75 Å². The highest BCUT2D eigenvalue weighted by Gasteiger charge is 2.47. The fourth-order valence-electron chi connectivity index (χ4n) is 5.05. The lowest BCUT2D eigenvalue weighted by molar-refractivity contribution is -0.125. The summed E-state index contributed by atoms with van der Waals surface area (Å²) in [5.41, 5.74) is 8.25. The molecule has 0 spiro atoms. The zero-order chi connectivity index (χ0) is 21.8. The summed E-state index contributed by atoms with van der Waals surface area (Å²) < 4.78 is 5.43.